The lowest BCUT2D eigenvalue weighted by atomic mass is 9.98. The van der Waals surface area contributed by atoms with Gasteiger partial charge in [0.2, 0.25) is 0 Å². The molecule has 1 unspecified atom stereocenters. The molecular weight excluding hydrogens is 767 g/mol. The van der Waals surface area contributed by atoms with Crippen LogP contribution < -0.4 is 0 Å². The first-order valence-electron chi connectivity index (χ1n) is 28.0. The minimum Gasteiger partial charge on any atom is -0.466 e. The first kappa shape index (κ1) is 65.1. The lowest BCUT2D eigenvalue weighted by Crippen LogP contribution is -2.27. The molecule has 6 nitrogen and oxygen atoms in total. The van der Waals surface area contributed by atoms with E-state index in [0.717, 1.165) is 64.3 Å². The summed E-state index contributed by atoms with van der Waals surface area (Å²) < 4.78 is 10.6. The maximum absolute atomic E-state index is 12.4. The number of rotatable bonds is 47. The molecule has 374 valence electrons. The van der Waals surface area contributed by atoms with Crippen LogP contribution in [0.3, 0.4) is 0 Å². The Morgan fingerprint density at radius 3 is 1.02 bits per heavy atom. The molecule has 0 aliphatic carbocycles. The molecule has 0 spiro atoms. The summed E-state index contributed by atoms with van der Waals surface area (Å²) in [7, 11) is 0. The molecule has 0 saturated heterocycles. The Morgan fingerprint density at radius 2 is 0.694 bits per heavy atom. The minimum atomic E-state index is -0.177. The molecule has 0 fully saturated rings. The summed E-state index contributed by atoms with van der Waals surface area (Å²) in [6.07, 6.45) is 51.4. The van der Waals surface area contributed by atoms with Crippen molar-refractivity contribution in [1.29, 1.82) is 0 Å². The zero-order chi connectivity index (χ0) is 46.3. The fourth-order valence-corrected chi connectivity index (χ4v) is 8.04. The Balaban J connectivity index is -0.00000143. The number of unbranched alkanes of at least 4 members (excludes halogenated alkanes) is 32. The van der Waals surface area contributed by atoms with E-state index in [1.54, 1.807) is 0 Å². The molecule has 0 aliphatic heterocycles. The van der Waals surface area contributed by atoms with Gasteiger partial charge in [0.25, 0.3) is 0 Å². The fraction of sp³-hybridized carbons (Fsp3) is 0.964. The maximum atomic E-state index is 12.4. The molecule has 0 amide bonds. The highest BCUT2D eigenvalue weighted by molar-refractivity contribution is 5.72. The largest absolute Gasteiger partial charge is 0.466 e. The van der Waals surface area contributed by atoms with Crippen LogP contribution in [-0.4, -0.2) is 61.4 Å². The Morgan fingerprint density at radius 1 is 0.387 bits per heavy atom. The second-order valence-electron chi connectivity index (χ2n) is 18.6. The van der Waals surface area contributed by atoms with E-state index in [2.05, 4.69) is 46.4 Å². The van der Waals surface area contributed by atoms with Crippen molar-refractivity contribution in [2.24, 2.45) is 5.92 Å². The minimum absolute atomic E-state index is 0.0302. The van der Waals surface area contributed by atoms with Crippen LogP contribution in [0, 0.1) is 5.92 Å². The number of esters is 2. The van der Waals surface area contributed by atoms with Gasteiger partial charge < -0.3 is 19.5 Å². The van der Waals surface area contributed by atoms with Gasteiger partial charge in [-0.3, -0.25) is 9.59 Å². The zero-order valence-corrected chi connectivity index (χ0v) is 43.6. The second-order valence-corrected chi connectivity index (χ2v) is 18.6. The smallest absolute Gasteiger partial charge is 0.308 e. The summed E-state index contributed by atoms with van der Waals surface area (Å²) in [6.45, 7) is 19.7. The Hall–Kier alpha value is -1.14. The molecule has 0 aromatic rings. The van der Waals surface area contributed by atoms with Crippen molar-refractivity contribution in [3.05, 3.63) is 0 Å². The monoisotopic (exact) mass is 882 g/mol. The number of ether oxygens (including phenoxy) is 2. The number of hydrogen-bond acceptors (Lipinski definition) is 6. The highest BCUT2D eigenvalue weighted by atomic mass is 16.5. The van der Waals surface area contributed by atoms with E-state index in [1.165, 1.54) is 219 Å². The number of carbonyl (C=O) groups excluding carboxylic acids is 2. The maximum Gasteiger partial charge on any atom is 0.308 e. The van der Waals surface area contributed by atoms with E-state index in [0.29, 0.717) is 19.8 Å². The molecule has 0 aliphatic rings. The molecule has 0 radical (unpaired) electrons. The van der Waals surface area contributed by atoms with Crippen molar-refractivity contribution in [1.82, 2.24) is 4.90 Å². The predicted molar refractivity (Wildman–Crippen MR) is 273 cm³/mol. The Labute approximate surface area is 390 Å². The number of aliphatic hydroxyl groups excluding tert-OH is 1. The van der Waals surface area contributed by atoms with E-state index in [-0.39, 0.29) is 17.9 Å². The van der Waals surface area contributed by atoms with E-state index in [9.17, 15) is 9.59 Å². The molecule has 1 atom stereocenters. The van der Waals surface area contributed by atoms with Gasteiger partial charge in [0, 0.05) is 13.5 Å². The molecule has 0 aromatic carbocycles. The molecule has 0 bridgehead atoms. The van der Waals surface area contributed by atoms with Crippen LogP contribution in [0.4, 0.5) is 0 Å². The second kappa shape index (κ2) is 59.9. The van der Waals surface area contributed by atoms with E-state index >= 15 is 0 Å². The number of aliphatic hydroxyl groups is 1. The molecule has 62 heavy (non-hydrogen) atoms. The molecular formula is C56H115NO5. The topological polar surface area (TPSA) is 76.1 Å². The third kappa shape index (κ3) is 58.9. The van der Waals surface area contributed by atoms with Crippen LogP contribution in [-0.2, 0) is 19.1 Å². The summed E-state index contributed by atoms with van der Waals surface area (Å²) in [4.78, 5) is 25.8. The van der Waals surface area contributed by atoms with Crippen molar-refractivity contribution >= 4 is 11.9 Å². The van der Waals surface area contributed by atoms with Gasteiger partial charge >= 0.3 is 11.9 Å². The summed E-state index contributed by atoms with van der Waals surface area (Å²) in [5, 5.41) is 9.16. The molecule has 0 rings (SSSR count). The van der Waals surface area contributed by atoms with Gasteiger partial charge in [-0.25, -0.2) is 0 Å². The van der Waals surface area contributed by atoms with Crippen molar-refractivity contribution in [3.63, 3.8) is 0 Å². The fourth-order valence-electron chi connectivity index (χ4n) is 8.04. The van der Waals surface area contributed by atoms with E-state index in [4.69, 9.17) is 14.6 Å². The Kier molecular flexibility index (Phi) is 62.9. The normalized spacial score (nSPS) is 11.5. The quantitative estimate of drug-likeness (QED) is 0.0485. The van der Waals surface area contributed by atoms with Crippen molar-refractivity contribution < 1.29 is 24.2 Å². The highest BCUT2D eigenvalue weighted by Crippen LogP contribution is 2.18. The van der Waals surface area contributed by atoms with Crippen LogP contribution in [0.5, 0.6) is 0 Å². The van der Waals surface area contributed by atoms with Crippen LogP contribution in [0.25, 0.3) is 0 Å². The average Bonchev–Trinajstić information content (AvgIpc) is 3.27. The van der Waals surface area contributed by atoms with Gasteiger partial charge in [-0.2, -0.15) is 0 Å². The standard InChI is InChI=1S/C36H71NO5.C15H32.C5H12/c1-4-6-7-8-15-20-27-35(5-2)36(40)42-33-26-19-14-10-12-17-22-29-37(30-23-24-31-38)28-21-16-11-9-13-18-25-32-41-34(3)39;1-3-5-7-9-11-13-15-14-12-10-8-6-4-2;1-3-5-4-2/h35,38H,4-33H2,1-3H3;3-15H2,1-2H3;3-5H2,1-2H3. The van der Waals surface area contributed by atoms with Gasteiger partial charge in [-0.05, 0) is 71.0 Å². The zero-order valence-electron chi connectivity index (χ0n) is 43.6. The molecule has 0 heterocycles. The van der Waals surface area contributed by atoms with Crippen molar-refractivity contribution in [3.8, 4) is 0 Å². The number of carbonyl (C=O) groups is 2. The van der Waals surface area contributed by atoms with Crippen molar-refractivity contribution in [2.45, 2.75) is 305 Å². The van der Waals surface area contributed by atoms with Crippen LogP contribution in [0.1, 0.15) is 305 Å². The van der Waals surface area contributed by atoms with Crippen LogP contribution in [0.15, 0.2) is 0 Å². The van der Waals surface area contributed by atoms with Gasteiger partial charge in [0.05, 0.1) is 19.1 Å². The predicted octanol–water partition coefficient (Wildman–Crippen LogP) is 17.7. The lowest BCUT2D eigenvalue weighted by Gasteiger charge is -2.22. The SMILES string of the molecule is CCCCC.CCCCCCCCC(CC)C(=O)OCCCCCCCCCN(CCCCO)CCCCCCCCCOC(C)=O.CCCCCCCCCCCCCCC. The first-order valence-corrected chi connectivity index (χ1v) is 28.0. The van der Waals surface area contributed by atoms with Crippen LogP contribution >= 0.6 is 0 Å². The molecule has 0 aromatic heterocycles. The molecule has 6 heteroatoms. The molecule has 0 saturated carbocycles. The average molecular weight is 883 g/mol. The summed E-state index contributed by atoms with van der Waals surface area (Å²) >= 11 is 0. The summed E-state index contributed by atoms with van der Waals surface area (Å²) in [6, 6.07) is 0. The third-order valence-corrected chi connectivity index (χ3v) is 12.3. The molecule has 1 N–H and O–H groups in total. The summed E-state index contributed by atoms with van der Waals surface area (Å²) in [5.74, 6) is -0.0540. The summed E-state index contributed by atoms with van der Waals surface area (Å²) in [5.41, 5.74) is 0. The first-order chi connectivity index (χ1) is 30.4. The van der Waals surface area contributed by atoms with Gasteiger partial charge in [0.1, 0.15) is 0 Å². The van der Waals surface area contributed by atoms with Gasteiger partial charge in [-0.1, -0.05) is 247 Å². The lowest BCUT2D eigenvalue weighted by molar-refractivity contribution is -0.149. The number of nitrogens with zero attached hydrogens (tertiary/aromatic N) is 1. The van der Waals surface area contributed by atoms with E-state index < -0.39 is 0 Å². The Bertz CT molecular complexity index is 808. The third-order valence-electron chi connectivity index (χ3n) is 12.3. The van der Waals surface area contributed by atoms with Gasteiger partial charge in [-0.15, -0.1) is 0 Å². The van der Waals surface area contributed by atoms with Crippen molar-refractivity contribution in [2.75, 3.05) is 39.5 Å². The number of hydrogen-bond donors (Lipinski definition) is 1. The van der Waals surface area contributed by atoms with Gasteiger partial charge in [0.15, 0.2) is 0 Å². The highest BCUT2D eigenvalue weighted by Gasteiger charge is 2.17. The van der Waals surface area contributed by atoms with Crippen LogP contribution in [0.2, 0.25) is 0 Å². The van der Waals surface area contributed by atoms with E-state index in [1.807, 2.05) is 0 Å².